The number of amides is 1. The van der Waals surface area contributed by atoms with Crippen molar-refractivity contribution in [2.45, 2.75) is 38.7 Å². The van der Waals surface area contributed by atoms with Crippen LogP contribution in [0.1, 0.15) is 38.3 Å². The van der Waals surface area contributed by atoms with E-state index in [0.717, 1.165) is 34.6 Å². The van der Waals surface area contributed by atoms with Crippen LogP contribution in [0.5, 0.6) is 0 Å². The second kappa shape index (κ2) is 8.05. The standard InChI is InChI=1S/C19H21BrN2O4/c1-3-4-5-6-15-16(17(19(24)26-15)18(23)22-25-2)14-10-11-9-12(20)7-8-13(11)21-14/h7-10,15,21H,3-6H2,1-2H3,(H,22,23). The Morgan fingerprint density at radius 3 is 2.88 bits per heavy atom. The number of hydrogen-bond acceptors (Lipinski definition) is 4. The van der Waals surface area contributed by atoms with Gasteiger partial charge in [-0.2, -0.15) is 0 Å². The minimum Gasteiger partial charge on any atom is -0.454 e. The Hall–Kier alpha value is -2.12. The highest BCUT2D eigenvalue weighted by Gasteiger charge is 2.39. The van der Waals surface area contributed by atoms with Gasteiger partial charge in [-0.15, -0.1) is 0 Å². The van der Waals surface area contributed by atoms with Crippen molar-refractivity contribution in [1.29, 1.82) is 0 Å². The minimum absolute atomic E-state index is 0.000953. The van der Waals surface area contributed by atoms with E-state index < -0.39 is 18.0 Å². The van der Waals surface area contributed by atoms with Gasteiger partial charge in [0.05, 0.1) is 7.11 Å². The van der Waals surface area contributed by atoms with Crippen molar-refractivity contribution < 1.29 is 19.2 Å². The van der Waals surface area contributed by atoms with Crippen LogP contribution in [0.4, 0.5) is 0 Å². The lowest BCUT2D eigenvalue weighted by molar-refractivity contribution is -0.142. The Morgan fingerprint density at radius 2 is 2.15 bits per heavy atom. The number of H-pyrrole nitrogens is 1. The number of esters is 1. The van der Waals surface area contributed by atoms with Gasteiger partial charge in [0.15, 0.2) is 0 Å². The van der Waals surface area contributed by atoms with Gasteiger partial charge in [-0.1, -0.05) is 35.7 Å². The zero-order chi connectivity index (χ0) is 18.7. The molecular formula is C19H21BrN2O4. The molecule has 0 saturated heterocycles. The predicted molar refractivity (Wildman–Crippen MR) is 102 cm³/mol. The number of unbranched alkanes of at least 4 members (excludes halogenated alkanes) is 2. The third kappa shape index (κ3) is 3.68. The van der Waals surface area contributed by atoms with Gasteiger partial charge in [-0.25, -0.2) is 10.3 Å². The van der Waals surface area contributed by atoms with Gasteiger partial charge in [0.25, 0.3) is 5.91 Å². The van der Waals surface area contributed by atoms with Crippen molar-refractivity contribution >= 4 is 44.3 Å². The Morgan fingerprint density at radius 1 is 1.35 bits per heavy atom. The third-order valence-corrected chi connectivity index (χ3v) is 4.90. The molecule has 1 atom stereocenters. The number of nitrogens with one attached hydrogen (secondary N) is 2. The van der Waals surface area contributed by atoms with E-state index in [9.17, 15) is 9.59 Å². The summed E-state index contributed by atoms with van der Waals surface area (Å²) >= 11 is 3.46. The fourth-order valence-electron chi connectivity index (χ4n) is 3.22. The number of halogens is 1. The van der Waals surface area contributed by atoms with E-state index in [4.69, 9.17) is 9.57 Å². The Labute approximate surface area is 160 Å². The molecule has 26 heavy (non-hydrogen) atoms. The van der Waals surface area contributed by atoms with E-state index in [1.54, 1.807) is 0 Å². The highest BCUT2D eigenvalue weighted by Crippen LogP contribution is 2.36. The first-order valence-electron chi connectivity index (χ1n) is 8.62. The number of aromatic nitrogens is 1. The lowest BCUT2D eigenvalue weighted by Gasteiger charge is -2.13. The van der Waals surface area contributed by atoms with Crippen LogP contribution in [0.15, 0.2) is 34.3 Å². The number of carbonyl (C=O) groups is 2. The molecule has 0 fully saturated rings. The van der Waals surface area contributed by atoms with E-state index in [-0.39, 0.29) is 5.57 Å². The molecule has 3 rings (SSSR count). The lowest BCUT2D eigenvalue weighted by Crippen LogP contribution is -2.26. The summed E-state index contributed by atoms with van der Waals surface area (Å²) < 4.78 is 6.47. The summed E-state index contributed by atoms with van der Waals surface area (Å²) in [7, 11) is 1.33. The van der Waals surface area contributed by atoms with Crippen LogP contribution in [0, 0.1) is 0 Å². The molecule has 7 heteroatoms. The maximum absolute atomic E-state index is 12.4. The SMILES string of the molecule is CCCCCC1OC(=O)C(C(=O)NOC)=C1c1cc2cc(Br)ccc2[nH]1. The smallest absolute Gasteiger partial charge is 0.344 e. The molecule has 0 saturated carbocycles. The number of rotatable bonds is 7. The van der Waals surface area contributed by atoms with Gasteiger partial charge in [0.2, 0.25) is 0 Å². The molecule has 138 valence electrons. The molecule has 1 aliphatic heterocycles. The van der Waals surface area contributed by atoms with Crippen LogP contribution in [0.3, 0.4) is 0 Å². The van der Waals surface area contributed by atoms with Crippen LogP contribution < -0.4 is 5.48 Å². The Kier molecular flexibility index (Phi) is 5.78. The van der Waals surface area contributed by atoms with Crippen molar-refractivity contribution in [2.24, 2.45) is 0 Å². The van der Waals surface area contributed by atoms with Gasteiger partial charge in [-0.3, -0.25) is 9.63 Å². The average Bonchev–Trinajstić information content (AvgIpc) is 3.15. The molecule has 2 N–H and O–H groups in total. The topological polar surface area (TPSA) is 80.4 Å². The van der Waals surface area contributed by atoms with Crippen molar-refractivity contribution in [3.63, 3.8) is 0 Å². The molecule has 0 radical (unpaired) electrons. The molecular weight excluding hydrogens is 400 g/mol. The second-order valence-electron chi connectivity index (χ2n) is 6.23. The lowest BCUT2D eigenvalue weighted by atomic mass is 9.97. The van der Waals surface area contributed by atoms with Gasteiger partial charge in [-0.05, 0) is 37.1 Å². The fraction of sp³-hybridized carbons (Fsp3) is 0.368. The molecule has 6 nitrogen and oxygen atoms in total. The molecule has 1 aromatic heterocycles. The maximum Gasteiger partial charge on any atom is 0.344 e. The van der Waals surface area contributed by atoms with E-state index in [1.807, 2.05) is 24.3 Å². The van der Waals surface area contributed by atoms with E-state index in [1.165, 1.54) is 7.11 Å². The summed E-state index contributed by atoms with van der Waals surface area (Å²) in [6, 6.07) is 7.80. The highest BCUT2D eigenvalue weighted by molar-refractivity contribution is 9.10. The second-order valence-corrected chi connectivity index (χ2v) is 7.14. The molecule has 1 amide bonds. The van der Waals surface area contributed by atoms with Crippen molar-refractivity contribution in [1.82, 2.24) is 10.5 Å². The average molecular weight is 421 g/mol. The molecule has 1 unspecified atom stereocenters. The van der Waals surface area contributed by atoms with Gasteiger partial charge in [0.1, 0.15) is 11.7 Å². The third-order valence-electron chi connectivity index (χ3n) is 4.41. The van der Waals surface area contributed by atoms with Crippen molar-refractivity contribution in [3.05, 3.63) is 40.0 Å². The zero-order valence-corrected chi connectivity index (χ0v) is 16.3. The van der Waals surface area contributed by atoms with Crippen LogP contribution in [-0.2, 0) is 19.2 Å². The van der Waals surface area contributed by atoms with E-state index in [0.29, 0.717) is 17.7 Å². The largest absolute Gasteiger partial charge is 0.454 e. The molecule has 1 aliphatic rings. The number of benzene rings is 1. The number of hydroxylamine groups is 1. The molecule has 2 heterocycles. The van der Waals surface area contributed by atoms with Gasteiger partial charge >= 0.3 is 5.97 Å². The number of ether oxygens (including phenoxy) is 1. The normalized spacial score (nSPS) is 17.0. The van der Waals surface area contributed by atoms with Crippen LogP contribution in [0.2, 0.25) is 0 Å². The molecule has 2 aromatic rings. The summed E-state index contributed by atoms with van der Waals surface area (Å²) in [4.78, 5) is 32.7. The molecule has 0 aliphatic carbocycles. The quantitative estimate of drug-likeness (QED) is 0.308. The number of cyclic esters (lactones) is 1. The summed E-state index contributed by atoms with van der Waals surface area (Å²) in [6.07, 6.45) is 3.27. The first-order chi connectivity index (χ1) is 12.5. The first kappa shape index (κ1) is 18.7. The maximum atomic E-state index is 12.4. The van der Waals surface area contributed by atoms with Crippen LogP contribution >= 0.6 is 15.9 Å². The fourth-order valence-corrected chi connectivity index (χ4v) is 3.60. The van der Waals surface area contributed by atoms with Crippen LogP contribution in [-0.4, -0.2) is 30.1 Å². The number of carbonyl (C=O) groups excluding carboxylic acids is 2. The Balaban J connectivity index is 2.06. The predicted octanol–water partition coefficient (Wildman–Crippen LogP) is 3.87. The van der Waals surface area contributed by atoms with Crippen molar-refractivity contribution in [3.8, 4) is 0 Å². The molecule has 0 bridgehead atoms. The summed E-state index contributed by atoms with van der Waals surface area (Å²) in [6.45, 7) is 2.12. The minimum atomic E-state index is -0.615. The van der Waals surface area contributed by atoms with Crippen LogP contribution in [0.25, 0.3) is 16.5 Å². The summed E-state index contributed by atoms with van der Waals surface area (Å²) in [5.74, 6) is -1.21. The van der Waals surface area contributed by atoms with E-state index >= 15 is 0 Å². The Bertz CT molecular complexity index is 872. The van der Waals surface area contributed by atoms with E-state index in [2.05, 4.69) is 33.3 Å². The monoisotopic (exact) mass is 420 g/mol. The number of fused-ring (bicyclic) bond motifs is 1. The molecule has 1 aromatic carbocycles. The summed E-state index contributed by atoms with van der Waals surface area (Å²) in [5.41, 5.74) is 4.46. The molecule has 0 spiro atoms. The van der Waals surface area contributed by atoms with Gasteiger partial charge < -0.3 is 9.72 Å². The zero-order valence-electron chi connectivity index (χ0n) is 14.7. The highest BCUT2D eigenvalue weighted by atomic mass is 79.9. The van der Waals surface area contributed by atoms with Crippen molar-refractivity contribution in [2.75, 3.05) is 7.11 Å². The summed E-state index contributed by atoms with van der Waals surface area (Å²) in [5, 5.41) is 0.986. The first-order valence-corrected chi connectivity index (χ1v) is 9.41. The number of aromatic amines is 1. The van der Waals surface area contributed by atoms with Gasteiger partial charge in [0, 0.05) is 26.6 Å². The number of hydrogen-bond donors (Lipinski definition) is 2.